The zero-order valence-corrected chi connectivity index (χ0v) is 11.1. The highest BCUT2D eigenvalue weighted by Crippen LogP contribution is 2.25. The van der Waals surface area contributed by atoms with Crippen molar-refractivity contribution < 1.29 is 17.9 Å². The van der Waals surface area contributed by atoms with Crippen LogP contribution in [0.2, 0.25) is 5.02 Å². The van der Waals surface area contributed by atoms with E-state index in [-0.39, 0.29) is 22.2 Å². The molecule has 1 heterocycles. The second-order valence-corrected chi connectivity index (χ2v) is 5.84. The van der Waals surface area contributed by atoms with Crippen molar-refractivity contribution in [3.05, 3.63) is 47.0 Å². The highest BCUT2D eigenvalue weighted by atomic mass is 35.5. The molecule has 8 heteroatoms. The molecular weight excluding hydrogens is 295 g/mol. The Morgan fingerprint density at radius 3 is 2.74 bits per heavy atom. The maximum absolute atomic E-state index is 13.1. The maximum Gasteiger partial charge on any atom is 0.263 e. The number of hydrogen-bond donors (Lipinski definition) is 3. The molecular formula is C11H10ClFN2O3S. The van der Waals surface area contributed by atoms with Crippen molar-refractivity contribution in [2.24, 2.45) is 0 Å². The Kier molecular flexibility index (Phi) is 3.79. The minimum absolute atomic E-state index is 0.0478. The maximum atomic E-state index is 13.1. The number of hydrogen-bond acceptors (Lipinski definition) is 3. The second-order valence-electron chi connectivity index (χ2n) is 3.75. The Morgan fingerprint density at radius 2 is 2.11 bits per heavy atom. The van der Waals surface area contributed by atoms with E-state index in [9.17, 15) is 12.8 Å². The van der Waals surface area contributed by atoms with Crippen LogP contribution in [0.15, 0.2) is 35.4 Å². The van der Waals surface area contributed by atoms with Crippen molar-refractivity contribution in [3.63, 3.8) is 0 Å². The predicted octanol–water partition coefficient (Wildman–Crippen LogP) is 2.10. The third-order valence-electron chi connectivity index (χ3n) is 2.37. The molecule has 0 fully saturated rings. The van der Waals surface area contributed by atoms with Crippen LogP contribution in [0.25, 0.3) is 0 Å². The first-order valence-corrected chi connectivity index (χ1v) is 7.04. The van der Waals surface area contributed by atoms with Crippen molar-refractivity contribution in [1.82, 2.24) is 4.98 Å². The van der Waals surface area contributed by atoms with E-state index < -0.39 is 15.8 Å². The van der Waals surface area contributed by atoms with Gasteiger partial charge in [0.05, 0.1) is 17.3 Å². The molecule has 19 heavy (non-hydrogen) atoms. The summed E-state index contributed by atoms with van der Waals surface area (Å²) in [6, 6.07) is 4.64. The van der Waals surface area contributed by atoms with Crippen LogP contribution in [0, 0.1) is 5.82 Å². The Balaban J connectivity index is 2.33. The molecule has 1 aromatic heterocycles. The van der Waals surface area contributed by atoms with Gasteiger partial charge >= 0.3 is 0 Å². The fourth-order valence-corrected chi connectivity index (χ4v) is 2.75. The van der Waals surface area contributed by atoms with Gasteiger partial charge < -0.3 is 10.1 Å². The normalized spacial score (nSPS) is 11.5. The van der Waals surface area contributed by atoms with Crippen LogP contribution < -0.4 is 4.72 Å². The van der Waals surface area contributed by atoms with Gasteiger partial charge in [-0.3, -0.25) is 4.72 Å². The topological polar surface area (TPSA) is 82.2 Å². The van der Waals surface area contributed by atoms with E-state index >= 15 is 0 Å². The second kappa shape index (κ2) is 5.20. The van der Waals surface area contributed by atoms with Crippen LogP contribution >= 0.6 is 11.6 Å². The zero-order valence-electron chi connectivity index (χ0n) is 9.52. The van der Waals surface area contributed by atoms with Gasteiger partial charge in [-0.1, -0.05) is 11.6 Å². The predicted molar refractivity (Wildman–Crippen MR) is 68.9 cm³/mol. The standard InChI is InChI=1S/C11H10ClFN2O3S/c12-10-2-1-7(13)3-11(10)15-19(17,18)9-4-8(6-16)14-5-9/h1-5,14-16H,6H2. The van der Waals surface area contributed by atoms with E-state index in [4.69, 9.17) is 16.7 Å². The fraction of sp³-hybridized carbons (Fsp3) is 0.0909. The minimum atomic E-state index is -3.89. The summed E-state index contributed by atoms with van der Waals surface area (Å²) in [5, 5.41) is 8.96. The first kappa shape index (κ1) is 13.9. The molecule has 5 nitrogen and oxygen atoms in total. The van der Waals surface area contributed by atoms with E-state index in [0.29, 0.717) is 5.69 Å². The number of aliphatic hydroxyl groups is 1. The van der Waals surface area contributed by atoms with Gasteiger partial charge in [0.2, 0.25) is 0 Å². The Labute approximate surface area is 114 Å². The fourth-order valence-electron chi connectivity index (χ4n) is 1.44. The molecule has 0 saturated heterocycles. The lowest BCUT2D eigenvalue weighted by Gasteiger charge is -2.08. The molecule has 0 saturated carbocycles. The number of benzene rings is 1. The quantitative estimate of drug-likeness (QED) is 0.809. The van der Waals surface area contributed by atoms with Crippen LogP contribution in [0.4, 0.5) is 10.1 Å². The van der Waals surface area contributed by atoms with Gasteiger partial charge in [0.25, 0.3) is 10.0 Å². The summed E-state index contributed by atoms with van der Waals surface area (Å²) in [5.41, 5.74) is 0.305. The number of aromatic nitrogens is 1. The Morgan fingerprint density at radius 1 is 1.37 bits per heavy atom. The average molecular weight is 305 g/mol. The lowest BCUT2D eigenvalue weighted by Crippen LogP contribution is -2.12. The summed E-state index contributed by atoms with van der Waals surface area (Å²) in [7, 11) is -3.89. The smallest absolute Gasteiger partial charge is 0.263 e. The summed E-state index contributed by atoms with van der Waals surface area (Å²) in [4.78, 5) is 2.52. The molecule has 3 N–H and O–H groups in total. The van der Waals surface area contributed by atoms with Crippen molar-refractivity contribution in [3.8, 4) is 0 Å². The molecule has 2 aromatic rings. The van der Waals surface area contributed by atoms with Crippen LogP contribution in [0.3, 0.4) is 0 Å². The van der Waals surface area contributed by atoms with Gasteiger partial charge in [-0.2, -0.15) is 0 Å². The molecule has 102 valence electrons. The van der Waals surface area contributed by atoms with Gasteiger partial charge in [-0.15, -0.1) is 0 Å². The molecule has 0 bridgehead atoms. The van der Waals surface area contributed by atoms with Crippen molar-refractivity contribution in [1.29, 1.82) is 0 Å². The monoisotopic (exact) mass is 304 g/mol. The van der Waals surface area contributed by atoms with E-state index in [2.05, 4.69) is 9.71 Å². The summed E-state index contributed by atoms with van der Waals surface area (Å²) >= 11 is 5.78. The first-order chi connectivity index (χ1) is 8.92. The van der Waals surface area contributed by atoms with E-state index in [1.807, 2.05) is 0 Å². The first-order valence-electron chi connectivity index (χ1n) is 5.18. The van der Waals surface area contributed by atoms with E-state index in [1.54, 1.807) is 0 Å². The summed E-state index contributed by atoms with van der Waals surface area (Å²) in [6.45, 7) is -0.309. The molecule has 2 rings (SSSR count). The molecule has 0 aliphatic heterocycles. The van der Waals surface area contributed by atoms with Gasteiger partial charge in [0.15, 0.2) is 0 Å². The van der Waals surface area contributed by atoms with Gasteiger partial charge in [-0.05, 0) is 24.3 Å². The molecule has 0 aliphatic rings. The Hall–Kier alpha value is -1.57. The number of aliphatic hydroxyl groups excluding tert-OH is 1. The van der Waals surface area contributed by atoms with Crippen LogP contribution in [0.1, 0.15) is 5.69 Å². The van der Waals surface area contributed by atoms with Gasteiger partial charge in [0, 0.05) is 11.9 Å². The van der Waals surface area contributed by atoms with Gasteiger partial charge in [-0.25, -0.2) is 12.8 Å². The van der Waals surface area contributed by atoms with Gasteiger partial charge in [0.1, 0.15) is 10.7 Å². The zero-order chi connectivity index (χ0) is 14.0. The number of nitrogens with one attached hydrogen (secondary N) is 2. The number of aromatic amines is 1. The molecule has 0 radical (unpaired) electrons. The molecule has 1 aromatic carbocycles. The number of halogens is 2. The third-order valence-corrected chi connectivity index (χ3v) is 4.04. The molecule has 0 unspecified atom stereocenters. The van der Waals surface area contributed by atoms with E-state index in [1.165, 1.54) is 18.3 Å². The summed E-state index contributed by atoms with van der Waals surface area (Å²) < 4.78 is 39.2. The molecule has 0 amide bonds. The third kappa shape index (κ3) is 3.06. The lowest BCUT2D eigenvalue weighted by atomic mass is 10.3. The highest BCUT2D eigenvalue weighted by molar-refractivity contribution is 7.92. The number of H-pyrrole nitrogens is 1. The van der Waals surface area contributed by atoms with Crippen LogP contribution in [-0.2, 0) is 16.6 Å². The molecule has 0 atom stereocenters. The SMILES string of the molecule is O=S(=O)(Nc1cc(F)ccc1Cl)c1c[nH]c(CO)c1. The number of sulfonamides is 1. The molecule has 0 aliphatic carbocycles. The van der Waals surface area contributed by atoms with Crippen molar-refractivity contribution in [2.45, 2.75) is 11.5 Å². The van der Waals surface area contributed by atoms with Crippen LogP contribution in [0.5, 0.6) is 0 Å². The van der Waals surface area contributed by atoms with E-state index in [0.717, 1.165) is 12.1 Å². The molecule has 0 spiro atoms. The highest BCUT2D eigenvalue weighted by Gasteiger charge is 2.17. The average Bonchev–Trinajstić information content (AvgIpc) is 2.83. The number of anilines is 1. The largest absolute Gasteiger partial charge is 0.390 e. The van der Waals surface area contributed by atoms with Crippen molar-refractivity contribution in [2.75, 3.05) is 4.72 Å². The minimum Gasteiger partial charge on any atom is -0.390 e. The summed E-state index contributed by atoms with van der Waals surface area (Å²) in [6.07, 6.45) is 1.22. The lowest BCUT2D eigenvalue weighted by molar-refractivity contribution is 0.277. The van der Waals surface area contributed by atoms with Crippen LogP contribution in [-0.4, -0.2) is 18.5 Å². The number of rotatable bonds is 4. The summed E-state index contributed by atoms with van der Waals surface area (Å²) in [5.74, 6) is -0.604. The Bertz CT molecular complexity index is 700. The van der Waals surface area contributed by atoms with Crippen molar-refractivity contribution >= 4 is 27.3 Å².